The number of urea groups is 1. The van der Waals surface area contributed by atoms with Crippen molar-refractivity contribution in [2.45, 2.75) is 13.0 Å². The zero-order valence-electron chi connectivity index (χ0n) is 12.5. The summed E-state index contributed by atoms with van der Waals surface area (Å²) < 4.78 is 0. The normalized spacial score (nSPS) is 17.4. The number of aromatic hydroxyl groups is 1. The van der Waals surface area contributed by atoms with Gasteiger partial charge in [0.25, 0.3) is 0 Å². The minimum atomic E-state index is -0.697. The minimum Gasteiger partial charge on any atom is -0.508 e. The Morgan fingerprint density at radius 1 is 1.04 bits per heavy atom. The standard InChI is InChI=1S/C18H16N2O3/c1-11-15(17(22)12-7-3-2-4-8-12)16(20-18(23)19-11)13-9-5-6-10-14(13)21/h2-10,16,21H,1H3,(H2,19,20,23). The van der Waals surface area contributed by atoms with Gasteiger partial charge in [-0.15, -0.1) is 0 Å². The smallest absolute Gasteiger partial charge is 0.319 e. The molecule has 1 aliphatic rings. The number of para-hydroxylation sites is 1. The third-order valence-corrected chi connectivity index (χ3v) is 3.80. The maximum Gasteiger partial charge on any atom is 0.319 e. The first-order chi connectivity index (χ1) is 11.1. The Hall–Kier alpha value is -3.08. The van der Waals surface area contributed by atoms with E-state index in [2.05, 4.69) is 10.6 Å². The summed E-state index contributed by atoms with van der Waals surface area (Å²) in [6, 6.07) is 14.4. The number of allylic oxidation sites excluding steroid dienone is 1. The van der Waals surface area contributed by atoms with Gasteiger partial charge in [0.05, 0.1) is 6.04 Å². The Morgan fingerprint density at radius 2 is 1.70 bits per heavy atom. The van der Waals surface area contributed by atoms with Crippen LogP contribution in [0.3, 0.4) is 0 Å². The molecule has 116 valence electrons. The van der Waals surface area contributed by atoms with Gasteiger partial charge in [0, 0.05) is 22.4 Å². The fraction of sp³-hybridized carbons (Fsp3) is 0.111. The average molecular weight is 308 g/mol. The topological polar surface area (TPSA) is 78.4 Å². The molecule has 0 fully saturated rings. The number of phenols is 1. The van der Waals surface area contributed by atoms with Gasteiger partial charge in [0.15, 0.2) is 5.78 Å². The molecule has 3 N–H and O–H groups in total. The molecule has 1 heterocycles. The maximum atomic E-state index is 12.9. The SMILES string of the molecule is CC1=C(C(=O)c2ccccc2)C(c2ccccc2O)NC(=O)N1. The van der Waals surface area contributed by atoms with Gasteiger partial charge < -0.3 is 15.7 Å². The largest absolute Gasteiger partial charge is 0.508 e. The molecule has 1 unspecified atom stereocenters. The highest BCUT2D eigenvalue weighted by atomic mass is 16.3. The van der Waals surface area contributed by atoms with Gasteiger partial charge in [-0.2, -0.15) is 0 Å². The Labute approximate surface area is 133 Å². The van der Waals surface area contributed by atoms with Crippen molar-refractivity contribution in [1.29, 1.82) is 0 Å². The number of carbonyl (C=O) groups is 2. The van der Waals surface area contributed by atoms with Crippen molar-refractivity contribution in [3.8, 4) is 5.75 Å². The van der Waals surface area contributed by atoms with Crippen LogP contribution in [-0.2, 0) is 0 Å². The molecule has 5 nitrogen and oxygen atoms in total. The van der Waals surface area contributed by atoms with E-state index in [9.17, 15) is 14.7 Å². The molecule has 1 atom stereocenters. The summed E-state index contributed by atoms with van der Waals surface area (Å²) in [4.78, 5) is 24.7. The lowest BCUT2D eigenvalue weighted by Crippen LogP contribution is -2.45. The van der Waals surface area contributed by atoms with E-state index < -0.39 is 12.1 Å². The van der Waals surface area contributed by atoms with Crippen LogP contribution in [0.15, 0.2) is 65.9 Å². The summed E-state index contributed by atoms with van der Waals surface area (Å²) in [7, 11) is 0. The average Bonchev–Trinajstić information content (AvgIpc) is 2.55. The molecule has 0 saturated carbocycles. The number of nitrogens with one attached hydrogen (secondary N) is 2. The van der Waals surface area contributed by atoms with E-state index in [0.717, 1.165) is 0 Å². The molecule has 5 heteroatoms. The van der Waals surface area contributed by atoms with Crippen LogP contribution >= 0.6 is 0 Å². The number of hydrogen-bond donors (Lipinski definition) is 3. The first-order valence-corrected chi connectivity index (χ1v) is 7.24. The molecule has 3 rings (SSSR count). The number of hydrogen-bond acceptors (Lipinski definition) is 3. The molecule has 1 aliphatic heterocycles. The van der Waals surface area contributed by atoms with Crippen LogP contribution < -0.4 is 10.6 Å². The van der Waals surface area contributed by atoms with Crippen molar-refractivity contribution in [1.82, 2.24) is 10.6 Å². The number of ketones is 1. The van der Waals surface area contributed by atoms with Crippen molar-refractivity contribution in [2.24, 2.45) is 0 Å². The lowest BCUT2D eigenvalue weighted by Gasteiger charge is -2.29. The van der Waals surface area contributed by atoms with Crippen molar-refractivity contribution in [2.75, 3.05) is 0 Å². The van der Waals surface area contributed by atoms with Gasteiger partial charge in [-0.25, -0.2) is 4.79 Å². The highest BCUT2D eigenvalue weighted by Gasteiger charge is 2.32. The van der Waals surface area contributed by atoms with Crippen LogP contribution in [0.5, 0.6) is 5.75 Å². The highest BCUT2D eigenvalue weighted by Crippen LogP contribution is 2.33. The number of phenolic OH excluding ortho intramolecular Hbond substituents is 1. The Balaban J connectivity index is 2.10. The second-order valence-electron chi connectivity index (χ2n) is 5.32. The summed E-state index contributed by atoms with van der Waals surface area (Å²) in [5, 5.41) is 15.4. The van der Waals surface area contributed by atoms with Crippen molar-refractivity contribution in [3.63, 3.8) is 0 Å². The molecule has 0 spiro atoms. The van der Waals surface area contributed by atoms with Gasteiger partial charge in [0.2, 0.25) is 0 Å². The minimum absolute atomic E-state index is 0.0332. The lowest BCUT2D eigenvalue weighted by molar-refractivity contribution is 0.102. The fourth-order valence-electron chi connectivity index (χ4n) is 2.70. The molecule has 23 heavy (non-hydrogen) atoms. The Kier molecular flexibility index (Phi) is 3.85. The van der Waals surface area contributed by atoms with Crippen LogP contribution in [0, 0.1) is 0 Å². The molecule has 2 amide bonds. The number of carbonyl (C=O) groups excluding carboxylic acids is 2. The summed E-state index contributed by atoms with van der Waals surface area (Å²) in [5.74, 6) is -0.158. The van der Waals surface area contributed by atoms with E-state index in [1.807, 2.05) is 6.07 Å². The quantitative estimate of drug-likeness (QED) is 0.763. The Bertz CT molecular complexity index is 797. The van der Waals surface area contributed by atoms with Gasteiger partial charge in [-0.1, -0.05) is 48.5 Å². The van der Waals surface area contributed by atoms with Crippen LogP contribution in [0.1, 0.15) is 28.9 Å². The van der Waals surface area contributed by atoms with Gasteiger partial charge in [0.1, 0.15) is 5.75 Å². The zero-order chi connectivity index (χ0) is 16.4. The Morgan fingerprint density at radius 3 is 2.39 bits per heavy atom. The molecule has 2 aromatic rings. The van der Waals surface area contributed by atoms with Crippen LogP contribution in [0.2, 0.25) is 0 Å². The summed E-state index contributed by atoms with van der Waals surface area (Å²) in [5.41, 5.74) is 1.91. The van der Waals surface area contributed by atoms with Crippen LogP contribution in [0.4, 0.5) is 4.79 Å². The van der Waals surface area contributed by atoms with Gasteiger partial charge in [-0.3, -0.25) is 4.79 Å². The number of Topliss-reactive ketones (excluding diaryl/α,β-unsaturated/α-hetero) is 1. The predicted molar refractivity (Wildman–Crippen MR) is 86.0 cm³/mol. The third-order valence-electron chi connectivity index (χ3n) is 3.80. The summed E-state index contributed by atoms with van der Waals surface area (Å²) in [6.45, 7) is 1.68. The van der Waals surface area contributed by atoms with E-state index in [4.69, 9.17) is 0 Å². The lowest BCUT2D eigenvalue weighted by atomic mass is 9.89. The van der Waals surface area contributed by atoms with E-state index in [1.165, 1.54) is 6.07 Å². The first-order valence-electron chi connectivity index (χ1n) is 7.24. The maximum absolute atomic E-state index is 12.9. The van der Waals surface area contributed by atoms with E-state index >= 15 is 0 Å². The molecule has 2 aromatic carbocycles. The van der Waals surface area contributed by atoms with Crippen molar-refractivity contribution < 1.29 is 14.7 Å². The predicted octanol–water partition coefficient (Wildman–Crippen LogP) is 2.90. The number of rotatable bonds is 3. The van der Waals surface area contributed by atoms with Crippen molar-refractivity contribution in [3.05, 3.63) is 77.0 Å². The van der Waals surface area contributed by atoms with Gasteiger partial charge in [-0.05, 0) is 13.0 Å². The molecule has 0 radical (unpaired) electrons. The molecule has 0 aliphatic carbocycles. The van der Waals surface area contributed by atoms with E-state index in [1.54, 1.807) is 49.4 Å². The third kappa shape index (κ3) is 2.81. The second-order valence-corrected chi connectivity index (χ2v) is 5.32. The van der Waals surface area contributed by atoms with Crippen LogP contribution in [0.25, 0.3) is 0 Å². The molecular formula is C18H16N2O3. The van der Waals surface area contributed by atoms with E-state index in [-0.39, 0.29) is 11.5 Å². The summed E-state index contributed by atoms with van der Waals surface area (Å²) >= 11 is 0. The fourth-order valence-corrected chi connectivity index (χ4v) is 2.70. The zero-order valence-corrected chi connectivity index (χ0v) is 12.5. The van der Waals surface area contributed by atoms with E-state index in [0.29, 0.717) is 22.4 Å². The molecule has 0 aromatic heterocycles. The monoisotopic (exact) mass is 308 g/mol. The first kappa shape index (κ1) is 14.8. The molecular weight excluding hydrogens is 292 g/mol. The number of benzene rings is 2. The molecule has 0 bridgehead atoms. The summed E-state index contributed by atoms with van der Waals surface area (Å²) in [6.07, 6.45) is 0. The van der Waals surface area contributed by atoms with Gasteiger partial charge >= 0.3 is 6.03 Å². The van der Waals surface area contributed by atoms with Crippen molar-refractivity contribution >= 4 is 11.8 Å². The highest BCUT2D eigenvalue weighted by molar-refractivity contribution is 6.11. The number of amides is 2. The van der Waals surface area contributed by atoms with Crippen LogP contribution in [-0.4, -0.2) is 16.9 Å². The second kappa shape index (κ2) is 5.96. The molecule has 0 saturated heterocycles.